The zero-order valence-corrected chi connectivity index (χ0v) is 9.94. The molecule has 0 spiro atoms. The molecule has 0 saturated carbocycles. The molecule has 0 fully saturated rings. The summed E-state index contributed by atoms with van der Waals surface area (Å²) in [4.78, 5) is 16.6. The van der Waals surface area contributed by atoms with Crippen LogP contribution in [0.2, 0.25) is 0 Å². The smallest absolute Gasteiger partial charge is 0.231 e. The molecule has 0 radical (unpaired) electrons. The van der Waals surface area contributed by atoms with Crippen LogP contribution in [0.15, 0.2) is 0 Å². The van der Waals surface area contributed by atoms with Gasteiger partial charge in [-0.1, -0.05) is 0 Å². The lowest BCUT2D eigenvalue weighted by atomic mass is 10.7. The van der Waals surface area contributed by atoms with Gasteiger partial charge < -0.3 is 15.1 Å². The number of nitrogens with zero attached hydrogens (tertiary/aromatic N) is 5. The number of nitrogens with one attached hydrogen (secondary N) is 1. The Morgan fingerprint density at radius 3 is 1.73 bits per heavy atom. The molecule has 1 N–H and O–H groups in total. The van der Waals surface area contributed by atoms with Crippen molar-refractivity contribution in [3.63, 3.8) is 0 Å². The van der Waals surface area contributed by atoms with Crippen LogP contribution in [-0.2, 0) is 0 Å². The topological polar surface area (TPSA) is 57.2 Å². The summed E-state index contributed by atoms with van der Waals surface area (Å²) in [6.07, 6.45) is 0. The average Bonchev–Trinajstić information content (AvgIpc) is 2.17. The molecule has 6 nitrogen and oxygen atoms in total. The molecule has 1 heterocycles. The SMILES string of the molecule is CCNc1nc(N(C)C)nc(N(C)C)n1. The summed E-state index contributed by atoms with van der Waals surface area (Å²) >= 11 is 0. The highest BCUT2D eigenvalue weighted by Gasteiger charge is 2.08. The third kappa shape index (κ3) is 2.93. The zero-order valence-electron chi connectivity index (χ0n) is 9.94. The maximum Gasteiger partial charge on any atom is 0.231 e. The maximum absolute atomic E-state index is 4.30. The number of anilines is 3. The summed E-state index contributed by atoms with van der Waals surface area (Å²) in [5.74, 6) is 1.93. The summed E-state index contributed by atoms with van der Waals surface area (Å²) in [5.41, 5.74) is 0. The Morgan fingerprint density at radius 2 is 1.40 bits per heavy atom. The van der Waals surface area contributed by atoms with E-state index in [1.54, 1.807) is 0 Å². The van der Waals surface area contributed by atoms with Crippen molar-refractivity contribution in [3.8, 4) is 0 Å². The van der Waals surface area contributed by atoms with Gasteiger partial charge in [-0.25, -0.2) is 0 Å². The van der Waals surface area contributed by atoms with Crippen LogP contribution in [0.3, 0.4) is 0 Å². The van der Waals surface area contributed by atoms with Gasteiger partial charge >= 0.3 is 0 Å². The van der Waals surface area contributed by atoms with E-state index in [1.807, 2.05) is 44.9 Å². The Labute approximate surface area is 90.3 Å². The Balaban J connectivity index is 3.08. The predicted molar refractivity (Wildman–Crippen MR) is 62.6 cm³/mol. The van der Waals surface area contributed by atoms with Crippen LogP contribution in [-0.4, -0.2) is 49.7 Å². The standard InChI is InChI=1S/C9H18N6/c1-6-10-7-11-8(14(2)3)13-9(12-7)15(4)5/h6H2,1-5H3,(H,10,11,12,13). The third-order valence-corrected chi connectivity index (χ3v) is 1.75. The van der Waals surface area contributed by atoms with Crippen LogP contribution in [0.4, 0.5) is 17.8 Å². The molecule has 0 aliphatic rings. The molecular weight excluding hydrogens is 192 g/mol. The van der Waals surface area contributed by atoms with Gasteiger partial charge in [-0.15, -0.1) is 0 Å². The van der Waals surface area contributed by atoms with Gasteiger partial charge in [-0.3, -0.25) is 0 Å². The van der Waals surface area contributed by atoms with Crippen molar-refractivity contribution in [2.75, 3.05) is 49.9 Å². The van der Waals surface area contributed by atoms with Gasteiger partial charge in [0.15, 0.2) is 0 Å². The first-order valence-corrected chi connectivity index (χ1v) is 4.89. The molecule has 0 bridgehead atoms. The molecule has 0 aromatic carbocycles. The summed E-state index contributed by atoms with van der Waals surface area (Å²) in [7, 11) is 7.63. The van der Waals surface area contributed by atoms with E-state index >= 15 is 0 Å². The fourth-order valence-corrected chi connectivity index (χ4v) is 0.991. The second kappa shape index (κ2) is 4.77. The van der Waals surface area contributed by atoms with Crippen LogP contribution in [0.25, 0.3) is 0 Å². The number of hydrogen-bond acceptors (Lipinski definition) is 6. The van der Waals surface area contributed by atoms with Gasteiger partial charge in [0.25, 0.3) is 0 Å². The van der Waals surface area contributed by atoms with Crippen molar-refractivity contribution in [3.05, 3.63) is 0 Å². The van der Waals surface area contributed by atoms with Crippen LogP contribution in [0.5, 0.6) is 0 Å². The molecule has 15 heavy (non-hydrogen) atoms. The minimum Gasteiger partial charge on any atom is -0.354 e. The Bertz CT molecular complexity index is 296. The number of aromatic nitrogens is 3. The number of rotatable bonds is 4. The molecule has 0 saturated heterocycles. The van der Waals surface area contributed by atoms with Crippen LogP contribution >= 0.6 is 0 Å². The third-order valence-electron chi connectivity index (χ3n) is 1.75. The van der Waals surface area contributed by atoms with Gasteiger partial charge in [-0.05, 0) is 6.92 Å². The lowest BCUT2D eigenvalue weighted by Crippen LogP contribution is -2.20. The van der Waals surface area contributed by atoms with Crippen molar-refractivity contribution in [1.82, 2.24) is 15.0 Å². The van der Waals surface area contributed by atoms with Gasteiger partial charge in [-0.2, -0.15) is 15.0 Å². The van der Waals surface area contributed by atoms with Crippen molar-refractivity contribution < 1.29 is 0 Å². The van der Waals surface area contributed by atoms with Crippen LogP contribution in [0, 0.1) is 0 Å². The van der Waals surface area contributed by atoms with E-state index in [0.29, 0.717) is 17.8 Å². The molecule has 1 rings (SSSR count). The maximum atomic E-state index is 4.30. The molecule has 0 unspecified atom stereocenters. The van der Waals surface area contributed by atoms with E-state index in [-0.39, 0.29) is 0 Å². The van der Waals surface area contributed by atoms with Gasteiger partial charge in [0.2, 0.25) is 17.8 Å². The molecule has 6 heteroatoms. The lowest BCUT2D eigenvalue weighted by molar-refractivity contribution is 0.911. The highest BCUT2D eigenvalue weighted by molar-refractivity contribution is 5.43. The quantitative estimate of drug-likeness (QED) is 0.778. The van der Waals surface area contributed by atoms with E-state index < -0.39 is 0 Å². The molecule has 84 valence electrons. The van der Waals surface area contributed by atoms with Gasteiger partial charge in [0.05, 0.1) is 0 Å². The van der Waals surface area contributed by atoms with E-state index in [2.05, 4.69) is 20.3 Å². The summed E-state index contributed by atoms with van der Waals surface area (Å²) in [5, 5.41) is 3.08. The fourth-order valence-electron chi connectivity index (χ4n) is 0.991. The summed E-state index contributed by atoms with van der Waals surface area (Å²) in [6.45, 7) is 2.80. The molecule has 0 aliphatic heterocycles. The second-order valence-electron chi connectivity index (χ2n) is 3.58. The first kappa shape index (κ1) is 11.5. The van der Waals surface area contributed by atoms with Crippen molar-refractivity contribution in [1.29, 1.82) is 0 Å². The van der Waals surface area contributed by atoms with Crippen LogP contribution < -0.4 is 15.1 Å². The molecule has 0 amide bonds. The average molecular weight is 210 g/mol. The Morgan fingerprint density at radius 1 is 0.933 bits per heavy atom. The van der Waals surface area contributed by atoms with Crippen molar-refractivity contribution in [2.45, 2.75) is 6.92 Å². The monoisotopic (exact) mass is 210 g/mol. The molecular formula is C9H18N6. The fraction of sp³-hybridized carbons (Fsp3) is 0.667. The molecule has 1 aromatic heterocycles. The minimum absolute atomic E-state index is 0.611. The Hall–Kier alpha value is -1.59. The van der Waals surface area contributed by atoms with Gasteiger partial charge in [0.1, 0.15) is 0 Å². The predicted octanol–water partition coefficient (Wildman–Crippen LogP) is 0.435. The second-order valence-corrected chi connectivity index (χ2v) is 3.58. The highest BCUT2D eigenvalue weighted by atomic mass is 15.3. The zero-order chi connectivity index (χ0) is 11.4. The van der Waals surface area contributed by atoms with Crippen molar-refractivity contribution >= 4 is 17.8 Å². The largest absolute Gasteiger partial charge is 0.354 e. The van der Waals surface area contributed by atoms with E-state index in [4.69, 9.17) is 0 Å². The summed E-state index contributed by atoms with van der Waals surface area (Å²) in [6, 6.07) is 0. The molecule has 1 aromatic rings. The normalized spacial score (nSPS) is 9.93. The van der Waals surface area contributed by atoms with E-state index in [0.717, 1.165) is 6.54 Å². The molecule has 0 atom stereocenters. The number of hydrogen-bond donors (Lipinski definition) is 1. The first-order chi connectivity index (χ1) is 7.04. The van der Waals surface area contributed by atoms with Gasteiger partial charge in [0, 0.05) is 34.7 Å². The van der Waals surface area contributed by atoms with E-state index in [9.17, 15) is 0 Å². The van der Waals surface area contributed by atoms with Crippen molar-refractivity contribution in [2.24, 2.45) is 0 Å². The molecule has 0 aliphatic carbocycles. The minimum atomic E-state index is 0.611. The lowest BCUT2D eigenvalue weighted by Gasteiger charge is -2.16. The van der Waals surface area contributed by atoms with E-state index in [1.165, 1.54) is 0 Å². The highest BCUT2D eigenvalue weighted by Crippen LogP contribution is 2.12. The Kier molecular flexibility index (Phi) is 3.65. The summed E-state index contributed by atoms with van der Waals surface area (Å²) < 4.78 is 0. The van der Waals surface area contributed by atoms with Crippen LogP contribution in [0.1, 0.15) is 6.92 Å². The first-order valence-electron chi connectivity index (χ1n) is 4.89.